The first-order valence-corrected chi connectivity index (χ1v) is 12.0. The van der Waals surface area contributed by atoms with Gasteiger partial charge in [0.2, 0.25) is 10.0 Å². The zero-order valence-corrected chi connectivity index (χ0v) is 17.6. The number of carbonyl (C=O) groups is 1. The highest BCUT2D eigenvalue weighted by Gasteiger charge is 2.16. The van der Waals surface area contributed by atoms with Gasteiger partial charge in [-0.05, 0) is 36.8 Å². The SMILES string of the molecule is COCCNS(=O)(=O)c1cccc(C(=O)NCCCS(=O)(=O)c2ccccc2)c1. The van der Waals surface area contributed by atoms with Crippen molar-refractivity contribution >= 4 is 25.8 Å². The van der Waals surface area contributed by atoms with Crippen LogP contribution in [0.3, 0.4) is 0 Å². The molecule has 10 heteroatoms. The monoisotopic (exact) mass is 440 g/mol. The molecule has 2 N–H and O–H groups in total. The van der Waals surface area contributed by atoms with Crippen molar-refractivity contribution in [3.63, 3.8) is 0 Å². The summed E-state index contributed by atoms with van der Waals surface area (Å²) in [5.41, 5.74) is 0.172. The second kappa shape index (κ2) is 10.5. The van der Waals surface area contributed by atoms with E-state index in [1.807, 2.05) is 0 Å². The molecule has 0 radical (unpaired) electrons. The number of hydrogen-bond donors (Lipinski definition) is 2. The van der Waals surface area contributed by atoms with Crippen LogP contribution in [0, 0.1) is 0 Å². The Labute approximate surface area is 171 Å². The number of ether oxygens (including phenoxy) is 1. The number of amides is 1. The van der Waals surface area contributed by atoms with Crippen molar-refractivity contribution in [1.29, 1.82) is 0 Å². The molecule has 0 bridgehead atoms. The molecule has 0 saturated carbocycles. The van der Waals surface area contributed by atoms with Gasteiger partial charge in [0.1, 0.15) is 0 Å². The van der Waals surface area contributed by atoms with Crippen molar-refractivity contribution in [3.8, 4) is 0 Å². The molecular weight excluding hydrogens is 416 g/mol. The first-order chi connectivity index (χ1) is 13.8. The van der Waals surface area contributed by atoms with E-state index in [0.29, 0.717) is 0 Å². The van der Waals surface area contributed by atoms with E-state index in [1.54, 1.807) is 18.2 Å². The van der Waals surface area contributed by atoms with E-state index in [-0.39, 0.29) is 47.2 Å². The molecular formula is C19H24N2O6S2. The van der Waals surface area contributed by atoms with Crippen LogP contribution in [0.15, 0.2) is 64.4 Å². The standard InChI is InChI=1S/C19H24N2O6S2/c1-27-13-12-21-29(25,26)18-10-5-7-16(15-18)19(22)20-11-6-14-28(23,24)17-8-3-2-4-9-17/h2-5,7-10,15,21H,6,11-14H2,1H3,(H,20,22). The summed E-state index contributed by atoms with van der Waals surface area (Å²) in [5.74, 6) is -0.578. The molecule has 0 fully saturated rings. The van der Waals surface area contributed by atoms with Gasteiger partial charge in [0.25, 0.3) is 5.91 Å². The molecule has 0 aliphatic carbocycles. The van der Waals surface area contributed by atoms with E-state index < -0.39 is 25.8 Å². The first-order valence-electron chi connectivity index (χ1n) is 8.91. The molecule has 1 amide bonds. The van der Waals surface area contributed by atoms with E-state index in [1.165, 1.54) is 43.5 Å². The van der Waals surface area contributed by atoms with E-state index in [9.17, 15) is 21.6 Å². The Morgan fingerprint density at radius 3 is 2.31 bits per heavy atom. The molecule has 2 aromatic carbocycles. The Bertz CT molecular complexity index is 1020. The fourth-order valence-corrected chi connectivity index (χ4v) is 4.87. The molecule has 0 saturated heterocycles. The number of rotatable bonds is 11. The van der Waals surface area contributed by atoms with E-state index in [2.05, 4.69) is 10.0 Å². The molecule has 0 aliphatic rings. The maximum absolute atomic E-state index is 12.3. The summed E-state index contributed by atoms with van der Waals surface area (Å²) in [6, 6.07) is 13.7. The van der Waals surface area contributed by atoms with Gasteiger partial charge in [-0.25, -0.2) is 21.6 Å². The summed E-state index contributed by atoms with van der Waals surface area (Å²) >= 11 is 0. The lowest BCUT2D eigenvalue weighted by atomic mass is 10.2. The van der Waals surface area contributed by atoms with Crippen LogP contribution in [0.5, 0.6) is 0 Å². The van der Waals surface area contributed by atoms with Crippen LogP contribution in [0.25, 0.3) is 0 Å². The van der Waals surface area contributed by atoms with Crippen LogP contribution in [0.1, 0.15) is 16.8 Å². The Hall–Kier alpha value is -2.27. The summed E-state index contributed by atoms with van der Waals surface area (Å²) in [7, 11) is -5.70. The first kappa shape index (κ1) is 23.0. The van der Waals surface area contributed by atoms with Crippen molar-refractivity contribution in [2.24, 2.45) is 0 Å². The summed E-state index contributed by atoms with van der Waals surface area (Å²) in [6.45, 7) is 0.490. The molecule has 158 valence electrons. The minimum absolute atomic E-state index is 0.0343. The normalized spacial score (nSPS) is 11.9. The Morgan fingerprint density at radius 1 is 0.931 bits per heavy atom. The highest BCUT2D eigenvalue weighted by molar-refractivity contribution is 7.91. The molecule has 8 nitrogen and oxygen atoms in total. The summed E-state index contributed by atoms with van der Waals surface area (Å²) in [6.07, 6.45) is 0.236. The number of sulfone groups is 1. The number of carbonyl (C=O) groups excluding carboxylic acids is 1. The van der Waals surface area contributed by atoms with Gasteiger partial charge in [0, 0.05) is 25.8 Å². The third-order valence-corrected chi connectivity index (χ3v) is 7.26. The van der Waals surface area contributed by atoms with Crippen LogP contribution >= 0.6 is 0 Å². The third-order valence-electron chi connectivity index (χ3n) is 3.98. The molecule has 2 aromatic rings. The van der Waals surface area contributed by atoms with Gasteiger partial charge in [-0.3, -0.25) is 4.79 Å². The predicted molar refractivity (Wildman–Crippen MR) is 109 cm³/mol. The minimum atomic E-state index is -3.75. The quantitative estimate of drug-likeness (QED) is 0.507. The zero-order chi connectivity index (χ0) is 21.3. The second-order valence-corrected chi connectivity index (χ2v) is 10.0. The maximum atomic E-state index is 12.3. The smallest absolute Gasteiger partial charge is 0.251 e. The van der Waals surface area contributed by atoms with Gasteiger partial charge in [-0.1, -0.05) is 24.3 Å². The topological polar surface area (TPSA) is 119 Å². The number of methoxy groups -OCH3 is 1. The van der Waals surface area contributed by atoms with Crippen LogP contribution in [-0.2, 0) is 24.6 Å². The van der Waals surface area contributed by atoms with E-state index >= 15 is 0 Å². The molecule has 0 atom stereocenters. The van der Waals surface area contributed by atoms with Crippen LogP contribution in [-0.4, -0.2) is 55.3 Å². The van der Waals surface area contributed by atoms with Crippen LogP contribution in [0.2, 0.25) is 0 Å². The summed E-state index contributed by atoms with van der Waals surface area (Å²) in [5, 5.41) is 2.62. The van der Waals surface area contributed by atoms with Gasteiger partial charge < -0.3 is 10.1 Å². The zero-order valence-electron chi connectivity index (χ0n) is 16.0. The van der Waals surface area contributed by atoms with Crippen molar-refractivity contribution in [1.82, 2.24) is 10.0 Å². The van der Waals surface area contributed by atoms with Crippen LogP contribution in [0.4, 0.5) is 0 Å². The summed E-state index contributed by atoms with van der Waals surface area (Å²) in [4.78, 5) is 12.5. The lowest BCUT2D eigenvalue weighted by Gasteiger charge is -2.09. The van der Waals surface area contributed by atoms with Crippen molar-refractivity contribution < 1.29 is 26.4 Å². The van der Waals surface area contributed by atoms with Crippen LogP contribution < -0.4 is 10.0 Å². The van der Waals surface area contributed by atoms with Crippen molar-refractivity contribution in [3.05, 3.63) is 60.2 Å². The average Bonchev–Trinajstić information content (AvgIpc) is 2.72. The molecule has 0 aliphatic heterocycles. The number of nitrogens with one attached hydrogen (secondary N) is 2. The Morgan fingerprint density at radius 2 is 1.62 bits per heavy atom. The molecule has 0 spiro atoms. The van der Waals surface area contributed by atoms with Gasteiger partial charge in [0.05, 0.1) is 22.2 Å². The minimum Gasteiger partial charge on any atom is -0.383 e. The Kier molecular flexibility index (Phi) is 8.32. The molecule has 0 aromatic heterocycles. The fourth-order valence-electron chi connectivity index (χ4n) is 2.48. The van der Waals surface area contributed by atoms with E-state index in [4.69, 9.17) is 4.74 Å². The van der Waals surface area contributed by atoms with Gasteiger partial charge in [-0.2, -0.15) is 0 Å². The van der Waals surface area contributed by atoms with E-state index in [0.717, 1.165) is 0 Å². The average molecular weight is 441 g/mol. The summed E-state index contributed by atoms with van der Waals surface area (Å²) < 4.78 is 56.1. The lowest BCUT2D eigenvalue weighted by Crippen LogP contribution is -2.28. The molecule has 0 heterocycles. The molecule has 0 unspecified atom stereocenters. The van der Waals surface area contributed by atoms with Crippen molar-refractivity contribution in [2.45, 2.75) is 16.2 Å². The molecule has 2 rings (SSSR count). The lowest BCUT2D eigenvalue weighted by molar-refractivity contribution is 0.0953. The number of hydrogen-bond acceptors (Lipinski definition) is 6. The largest absolute Gasteiger partial charge is 0.383 e. The second-order valence-electron chi connectivity index (χ2n) is 6.16. The van der Waals surface area contributed by atoms with Gasteiger partial charge in [-0.15, -0.1) is 0 Å². The van der Waals surface area contributed by atoms with Gasteiger partial charge in [0.15, 0.2) is 9.84 Å². The fraction of sp³-hybridized carbons (Fsp3) is 0.316. The highest BCUT2D eigenvalue weighted by Crippen LogP contribution is 2.12. The molecule has 29 heavy (non-hydrogen) atoms. The third kappa shape index (κ3) is 6.93. The highest BCUT2D eigenvalue weighted by atomic mass is 32.2. The Balaban J connectivity index is 1.91. The van der Waals surface area contributed by atoms with Gasteiger partial charge >= 0.3 is 0 Å². The number of sulfonamides is 1. The maximum Gasteiger partial charge on any atom is 0.251 e. The number of benzene rings is 2. The predicted octanol–water partition coefficient (Wildman–Crippen LogP) is 1.21. The van der Waals surface area contributed by atoms with Crippen molar-refractivity contribution in [2.75, 3.05) is 32.6 Å².